The van der Waals surface area contributed by atoms with Crippen LogP contribution in [0.1, 0.15) is 29.2 Å². The van der Waals surface area contributed by atoms with Crippen LogP contribution >= 0.6 is 11.3 Å². The summed E-state index contributed by atoms with van der Waals surface area (Å²) in [5.41, 5.74) is 1.56. The Morgan fingerprint density at radius 2 is 1.95 bits per heavy atom. The molecule has 0 aliphatic carbocycles. The number of carbonyl (C=O) groups excluding carboxylic acids is 2. The van der Waals surface area contributed by atoms with E-state index in [4.69, 9.17) is 4.74 Å². The number of carbonyl (C=O) groups is 2. The molecule has 0 atom stereocenters. The molecule has 0 unspecified atom stereocenters. The molecule has 1 heterocycles. The van der Waals surface area contributed by atoms with Gasteiger partial charge in [0.05, 0.1) is 5.69 Å². The predicted molar refractivity (Wildman–Crippen MR) is 85.8 cm³/mol. The number of ether oxygens (including phenoxy) is 1. The molecule has 22 heavy (non-hydrogen) atoms. The zero-order valence-corrected chi connectivity index (χ0v) is 13.6. The van der Waals surface area contributed by atoms with Crippen molar-refractivity contribution >= 4 is 23.2 Å². The Hall–Kier alpha value is -2.21. The molecule has 1 aromatic carbocycles. The smallest absolute Gasteiger partial charge is 0.350 e. The van der Waals surface area contributed by atoms with Crippen molar-refractivity contribution in [1.82, 2.24) is 10.3 Å². The molecule has 0 aliphatic heterocycles. The summed E-state index contributed by atoms with van der Waals surface area (Å²) in [6, 6.07) is 9.64. The van der Waals surface area contributed by atoms with Crippen molar-refractivity contribution in [2.24, 2.45) is 0 Å². The Morgan fingerprint density at radius 1 is 1.27 bits per heavy atom. The minimum atomic E-state index is -0.518. The Balaban J connectivity index is 2.05. The summed E-state index contributed by atoms with van der Waals surface area (Å²) >= 11 is 1.27. The van der Waals surface area contributed by atoms with Gasteiger partial charge in [0.15, 0.2) is 6.61 Å². The maximum absolute atomic E-state index is 12.1. The van der Waals surface area contributed by atoms with Gasteiger partial charge in [-0.2, -0.15) is 0 Å². The number of hydrogen-bond acceptors (Lipinski definition) is 5. The number of rotatable bonds is 5. The average molecular weight is 318 g/mol. The predicted octanol–water partition coefficient (Wildman–Crippen LogP) is 2.80. The maximum Gasteiger partial charge on any atom is 0.350 e. The van der Waals surface area contributed by atoms with Crippen LogP contribution in [-0.4, -0.2) is 29.5 Å². The highest BCUT2D eigenvalue weighted by molar-refractivity contribution is 7.17. The van der Waals surface area contributed by atoms with Gasteiger partial charge in [-0.15, -0.1) is 11.3 Å². The molecule has 1 aromatic heterocycles. The molecule has 0 radical (unpaired) electrons. The van der Waals surface area contributed by atoms with E-state index in [1.165, 1.54) is 11.3 Å². The van der Waals surface area contributed by atoms with Gasteiger partial charge in [0.2, 0.25) is 0 Å². The van der Waals surface area contributed by atoms with E-state index in [1.54, 1.807) is 6.92 Å². The minimum Gasteiger partial charge on any atom is -0.451 e. The van der Waals surface area contributed by atoms with Crippen LogP contribution in [0.3, 0.4) is 0 Å². The highest BCUT2D eigenvalue weighted by atomic mass is 32.1. The molecular weight excluding hydrogens is 300 g/mol. The number of nitrogens with zero attached hydrogens (tertiary/aromatic N) is 1. The quantitative estimate of drug-likeness (QED) is 0.861. The molecule has 5 nitrogen and oxygen atoms in total. The number of thiazole rings is 1. The summed E-state index contributed by atoms with van der Waals surface area (Å²) in [6.45, 7) is 5.17. The second kappa shape index (κ2) is 7.17. The van der Waals surface area contributed by atoms with E-state index >= 15 is 0 Å². The fraction of sp³-hybridized carbons (Fsp3) is 0.312. The fourth-order valence-electron chi connectivity index (χ4n) is 1.85. The summed E-state index contributed by atoms with van der Waals surface area (Å²) in [5.74, 6) is -0.829. The molecule has 0 bridgehead atoms. The molecule has 0 fully saturated rings. The van der Waals surface area contributed by atoms with E-state index < -0.39 is 5.97 Å². The van der Waals surface area contributed by atoms with Gasteiger partial charge < -0.3 is 10.1 Å². The first-order chi connectivity index (χ1) is 10.5. The van der Waals surface area contributed by atoms with Gasteiger partial charge >= 0.3 is 5.97 Å². The lowest BCUT2D eigenvalue weighted by atomic mass is 10.2. The van der Waals surface area contributed by atoms with Crippen molar-refractivity contribution in [3.05, 3.63) is 40.9 Å². The zero-order valence-electron chi connectivity index (χ0n) is 12.8. The first kappa shape index (κ1) is 16.2. The van der Waals surface area contributed by atoms with Crippen molar-refractivity contribution in [3.8, 4) is 10.6 Å². The van der Waals surface area contributed by atoms with Gasteiger partial charge in [-0.1, -0.05) is 30.3 Å². The van der Waals surface area contributed by atoms with Crippen LogP contribution in [-0.2, 0) is 9.53 Å². The van der Waals surface area contributed by atoms with Crippen LogP contribution in [0.5, 0.6) is 0 Å². The molecule has 2 aromatic rings. The van der Waals surface area contributed by atoms with E-state index in [0.29, 0.717) is 10.6 Å². The van der Waals surface area contributed by atoms with Crippen molar-refractivity contribution in [2.45, 2.75) is 26.8 Å². The number of amides is 1. The monoisotopic (exact) mass is 318 g/mol. The normalized spacial score (nSPS) is 10.5. The Labute approximate surface area is 133 Å². The number of esters is 1. The van der Waals surface area contributed by atoms with E-state index in [1.807, 2.05) is 44.2 Å². The summed E-state index contributed by atoms with van der Waals surface area (Å²) in [7, 11) is 0. The Bertz CT molecular complexity index is 665. The largest absolute Gasteiger partial charge is 0.451 e. The third-order valence-corrected chi connectivity index (χ3v) is 3.97. The zero-order chi connectivity index (χ0) is 16.1. The minimum absolute atomic E-state index is 0.0148. The van der Waals surface area contributed by atoms with Crippen molar-refractivity contribution in [2.75, 3.05) is 6.61 Å². The lowest BCUT2D eigenvalue weighted by Gasteiger charge is -2.08. The highest BCUT2D eigenvalue weighted by Gasteiger charge is 2.18. The summed E-state index contributed by atoms with van der Waals surface area (Å²) in [5, 5.41) is 3.43. The lowest BCUT2D eigenvalue weighted by Crippen LogP contribution is -2.33. The molecule has 0 saturated carbocycles. The van der Waals surface area contributed by atoms with E-state index in [-0.39, 0.29) is 18.6 Å². The molecule has 1 amide bonds. The molecule has 2 rings (SSSR count). The Kier molecular flexibility index (Phi) is 5.27. The number of nitrogens with one attached hydrogen (secondary N) is 1. The Morgan fingerprint density at radius 3 is 2.59 bits per heavy atom. The molecule has 6 heteroatoms. The van der Waals surface area contributed by atoms with Crippen LogP contribution in [0.25, 0.3) is 10.6 Å². The summed E-state index contributed by atoms with van der Waals surface area (Å²) in [6.07, 6.45) is 0. The SMILES string of the molecule is Cc1nc(-c2ccccc2)sc1C(=O)OCC(=O)NC(C)C. The molecule has 0 saturated heterocycles. The number of hydrogen-bond donors (Lipinski definition) is 1. The molecule has 1 N–H and O–H groups in total. The first-order valence-electron chi connectivity index (χ1n) is 6.96. The van der Waals surface area contributed by atoms with Crippen LogP contribution in [0.2, 0.25) is 0 Å². The van der Waals surface area contributed by atoms with Gasteiger partial charge in [-0.25, -0.2) is 9.78 Å². The van der Waals surface area contributed by atoms with Crippen molar-refractivity contribution in [1.29, 1.82) is 0 Å². The molecular formula is C16H18N2O3S. The maximum atomic E-state index is 12.1. The van der Waals surface area contributed by atoms with Crippen LogP contribution in [0.4, 0.5) is 0 Å². The van der Waals surface area contributed by atoms with Crippen LogP contribution in [0.15, 0.2) is 30.3 Å². The first-order valence-corrected chi connectivity index (χ1v) is 7.78. The molecule has 0 spiro atoms. The second-order valence-electron chi connectivity index (χ2n) is 5.10. The van der Waals surface area contributed by atoms with E-state index in [2.05, 4.69) is 10.3 Å². The summed E-state index contributed by atoms with van der Waals surface area (Å²) in [4.78, 5) is 28.4. The standard InChI is InChI=1S/C16H18N2O3S/c1-10(2)17-13(19)9-21-16(20)14-11(3)18-15(22-14)12-7-5-4-6-8-12/h4-8,10H,9H2,1-3H3,(H,17,19). The van der Waals surface area contributed by atoms with Crippen LogP contribution in [0, 0.1) is 6.92 Å². The third-order valence-electron chi connectivity index (χ3n) is 2.79. The van der Waals surface area contributed by atoms with Crippen LogP contribution < -0.4 is 5.32 Å². The van der Waals surface area contributed by atoms with Crippen molar-refractivity contribution in [3.63, 3.8) is 0 Å². The molecule has 116 valence electrons. The summed E-state index contributed by atoms with van der Waals surface area (Å²) < 4.78 is 5.04. The fourth-order valence-corrected chi connectivity index (χ4v) is 2.82. The van der Waals surface area contributed by atoms with Gasteiger partial charge in [0.1, 0.15) is 9.88 Å². The average Bonchev–Trinajstić information content (AvgIpc) is 2.87. The van der Waals surface area contributed by atoms with Gasteiger partial charge in [-0.3, -0.25) is 4.79 Å². The number of aromatic nitrogens is 1. The number of aryl methyl sites for hydroxylation is 1. The highest BCUT2D eigenvalue weighted by Crippen LogP contribution is 2.28. The number of benzene rings is 1. The van der Waals surface area contributed by atoms with Gasteiger partial charge in [0, 0.05) is 11.6 Å². The van der Waals surface area contributed by atoms with Gasteiger partial charge in [0.25, 0.3) is 5.91 Å². The van der Waals surface area contributed by atoms with Gasteiger partial charge in [-0.05, 0) is 20.8 Å². The van der Waals surface area contributed by atoms with Crippen molar-refractivity contribution < 1.29 is 14.3 Å². The third kappa shape index (κ3) is 4.14. The molecule has 0 aliphatic rings. The van der Waals surface area contributed by atoms with E-state index in [9.17, 15) is 9.59 Å². The second-order valence-corrected chi connectivity index (χ2v) is 6.10. The van der Waals surface area contributed by atoms with E-state index in [0.717, 1.165) is 10.6 Å². The lowest BCUT2D eigenvalue weighted by molar-refractivity contribution is -0.124. The topological polar surface area (TPSA) is 68.3 Å².